The van der Waals surface area contributed by atoms with Gasteiger partial charge in [0, 0.05) is 0 Å². The van der Waals surface area contributed by atoms with Crippen LogP contribution in [0.3, 0.4) is 0 Å². The molecule has 10 heavy (non-hydrogen) atoms. The predicted molar refractivity (Wildman–Crippen MR) is 49.8 cm³/mol. The number of hydrogen-bond donors (Lipinski definition) is 1. The maximum absolute atomic E-state index is 3.32. The summed E-state index contributed by atoms with van der Waals surface area (Å²) in [5.41, 5.74) is 0. The molecule has 0 radical (unpaired) electrons. The van der Waals surface area contributed by atoms with E-state index in [0.29, 0.717) is 0 Å². The average molecular weight is 164 g/mol. The Labute approximate surface area is 70.3 Å². The fourth-order valence-electron chi connectivity index (χ4n) is 0.654. The lowest BCUT2D eigenvalue weighted by Crippen LogP contribution is -2.14. The molecular weight excluding hydrogens is 146 g/mol. The zero-order valence-corrected chi connectivity index (χ0v) is 7.71. The van der Waals surface area contributed by atoms with E-state index in [1.807, 2.05) is 0 Å². The largest absolute Gasteiger partial charge is 0.316 e. The van der Waals surface area contributed by atoms with Crippen molar-refractivity contribution in [2.24, 2.45) is 0 Å². The second-order valence-corrected chi connectivity index (χ2v) is 2.11. The van der Waals surface area contributed by atoms with Crippen molar-refractivity contribution in [1.82, 2.24) is 5.32 Å². The Bertz CT molecular complexity index is 71.7. The van der Waals surface area contributed by atoms with Gasteiger partial charge in [0.1, 0.15) is 0 Å². The van der Waals surface area contributed by atoms with Crippen LogP contribution in [0.15, 0.2) is 12.2 Å². The van der Waals surface area contributed by atoms with E-state index in [0.717, 1.165) is 19.5 Å². The fourth-order valence-corrected chi connectivity index (χ4v) is 0.654. The van der Waals surface area contributed by atoms with Crippen molar-refractivity contribution in [3.8, 4) is 0 Å². The Balaban J connectivity index is 0. The van der Waals surface area contributed by atoms with E-state index < -0.39 is 0 Å². The van der Waals surface area contributed by atoms with E-state index in [1.165, 1.54) is 6.42 Å². The van der Waals surface area contributed by atoms with Crippen LogP contribution in [0, 0.1) is 0 Å². The first-order valence-corrected chi connectivity index (χ1v) is 3.73. The van der Waals surface area contributed by atoms with Crippen molar-refractivity contribution in [1.29, 1.82) is 0 Å². The van der Waals surface area contributed by atoms with Gasteiger partial charge in [0.05, 0.1) is 0 Å². The molecule has 62 valence electrons. The molecule has 1 nitrogen and oxygen atoms in total. The minimum atomic E-state index is 0. The first kappa shape index (κ1) is 12.6. The highest BCUT2D eigenvalue weighted by Gasteiger charge is 1.79. The molecule has 0 saturated heterocycles. The van der Waals surface area contributed by atoms with Crippen LogP contribution in [0.1, 0.15) is 26.7 Å². The van der Waals surface area contributed by atoms with Gasteiger partial charge in [-0.1, -0.05) is 19.1 Å². The Morgan fingerprint density at radius 3 is 2.50 bits per heavy atom. The summed E-state index contributed by atoms with van der Waals surface area (Å²) in [6.45, 7) is 6.51. The predicted octanol–water partition coefficient (Wildman–Crippen LogP) is 2.37. The van der Waals surface area contributed by atoms with Gasteiger partial charge in [-0.25, -0.2) is 0 Å². The molecule has 0 fully saturated rings. The van der Waals surface area contributed by atoms with E-state index in [-0.39, 0.29) is 12.4 Å². The molecule has 0 aliphatic heterocycles. The smallest absolute Gasteiger partial charge is 0.00143 e. The molecule has 0 aliphatic carbocycles. The third-order valence-corrected chi connectivity index (χ3v) is 1.15. The third-order valence-electron chi connectivity index (χ3n) is 1.15. The molecule has 0 amide bonds. The zero-order valence-electron chi connectivity index (χ0n) is 6.89. The number of allylic oxidation sites excluding steroid dienone is 1. The van der Waals surface area contributed by atoms with Gasteiger partial charge in [0.25, 0.3) is 0 Å². The molecule has 0 atom stereocenters. The summed E-state index contributed by atoms with van der Waals surface area (Å²) in [6, 6.07) is 0. The Hall–Kier alpha value is -0.0100. The summed E-state index contributed by atoms with van der Waals surface area (Å²) < 4.78 is 0. The fraction of sp³-hybridized carbons (Fsp3) is 0.750. The van der Waals surface area contributed by atoms with E-state index >= 15 is 0 Å². The maximum Gasteiger partial charge on any atom is -0.00143 e. The van der Waals surface area contributed by atoms with Crippen molar-refractivity contribution >= 4 is 12.4 Å². The van der Waals surface area contributed by atoms with Gasteiger partial charge < -0.3 is 5.32 Å². The lowest BCUT2D eigenvalue weighted by Gasteiger charge is -1.96. The summed E-state index contributed by atoms with van der Waals surface area (Å²) in [7, 11) is 0. The second kappa shape index (κ2) is 11.7. The maximum atomic E-state index is 3.32. The number of hydrogen-bond acceptors (Lipinski definition) is 1. The van der Waals surface area contributed by atoms with Crippen molar-refractivity contribution in [3.63, 3.8) is 0 Å². The molecule has 0 rings (SSSR count). The highest BCUT2D eigenvalue weighted by Crippen LogP contribution is 1.79. The summed E-state index contributed by atoms with van der Waals surface area (Å²) in [4.78, 5) is 0. The van der Waals surface area contributed by atoms with Crippen LogP contribution in [0.5, 0.6) is 0 Å². The summed E-state index contributed by atoms with van der Waals surface area (Å²) in [6.07, 6.45) is 6.67. The van der Waals surface area contributed by atoms with E-state index in [1.54, 1.807) is 0 Å². The van der Waals surface area contributed by atoms with Crippen LogP contribution < -0.4 is 5.32 Å². The molecule has 1 N–H and O–H groups in total. The Morgan fingerprint density at radius 1 is 1.30 bits per heavy atom. The molecule has 0 spiro atoms. The van der Waals surface area contributed by atoms with Crippen LogP contribution in [0.4, 0.5) is 0 Å². The van der Waals surface area contributed by atoms with Crippen LogP contribution in [0.25, 0.3) is 0 Å². The third kappa shape index (κ3) is 10.9. The topological polar surface area (TPSA) is 12.0 Å². The molecule has 0 bridgehead atoms. The number of halogens is 1. The normalized spacial score (nSPS) is 9.80. The molecule has 0 unspecified atom stereocenters. The van der Waals surface area contributed by atoms with Crippen molar-refractivity contribution < 1.29 is 0 Å². The second-order valence-electron chi connectivity index (χ2n) is 2.11. The molecule has 0 aromatic rings. The van der Waals surface area contributed by atoms with Crippen molar-refractivity contribution in [3.05, 3.63) is 12.2 Å². The Kier molecular flexibility index (Phi) is 14.9. The first-order valence-electron chi connectivity index (χ1n) is 3.73. The van der Waals surface area contributed by atoms with Crippen LogP contribution in [-0.2, 0) is 0 Å². The highest BCUT2D eigenvalue weighted by atomic mass is 35.5. The minimum Gasteiger partial charge on any atom is -0.316 e. The SMILES string of the molecule is C/C=C/CCNCCC.Cl. The monoisotopic (exact) mass is 163 g/mol. The molecular formula is C8H18ClN. The van der Waals surface area contributed by atoms with Crippen LogP contribution >= 0.6 is 12.4 Å². The van der Waals surface area contributed by atoms with Gasteiger partial charge in [-0.05, 0) is 32.9 Å². The van der Waals surface area contributed by atoms with Gasteiger partial charge in [-0.15, -0.1) is 12.4 Å². The quantitative estimate of drug-likeness (QED) is 0.485. The van der Waals surface area contributed by atoms with Crippen molar-refractivity contribution in [2.75, 3.05) is 13.1 Å². The van der Waals surface area contributed by atoms with Crippen LogP contribution in [-0.4, -0.2) is 13.1 Å². The molecule has 2 heteroatoms. The molecule has 0 aromatic heterocycles. The van der Waals surface area contributed by atoms with Gasteiger partial charge in [-0.2, -0.15) is 0 Å². The van der Waals surface area contributed by atoms with E-state index in [9.17, 15) is 0 Å². The lowest BCUT2D eigenvalue weighted by molar-refractivity contribution is 0.678. The van der Waals surface area contributed by atoms with E-state index in [2.05, 4.69) is 31.3 Å². The molecule has 0 aromatic carbocycles. The van der Waals surface area contributed by atoms with Gasteiger partial charge in [0.15, 0.2) is 0 Å². The highest BCUT2D eigenvalue weighted by molar-refractivity contribution is 5.85. The van der Waals surface area contributed by atoms with Gasteiger partial charge >= 0.3 is 0 Å². The summed E-state index contributed by atoms with van der Waals surface area (Å²) >= 11 is 0. The number of nitrogens with one attached hydrogen (secondary N) is 1. The summed E-state index contributed by atoms with van der Waals surface area (Å²) in [5, 5.41) is 3.32. The molecule has 0 heterocycles. The summed E-state index contributed by atoms with van der Waals surface area (Å²) in [5.74, 6) is 0. The molecule has 0 aliphatic rings. The lowest BCUT2D eigenvalue weighted by atomic mass is 10.4. The standard InChI is InChI=1S/C8H17N.ClH/c1-3-5-6-8-9-7-4-2;/h3,5,9H,4,6-8H2,1-2H3;1H/b5-3+;. The minimum absolute atomic E-state index is 0. The van der Waals surface area contributed by atoms with Crippen molar-refractivity contribution in [2.45, 2.75) is 26.7 Å². The van der Waals surface area contributed by atoms with E-state index in [4.69, 9.17) is 0 Å². The molecule has 0 saturated carbocycles. The van der Waals surface area contributed by atoms with Gasteiger partial charge in [0.2, 0.25) is 0 Å². The van der Waals surface area contributed by atoms with Gasteiger partial charge in [-0.3, -0.25) is 0 Å². The zero-order chi connectivity index (χ0) is 6.95. The average Bonchev–Trinajstić information content (AvgIpc) is 1.89. The number of rotatable bonds is 5. The van der Waals surface area contributed by atoms with Crippen LogP contribution in [0.2, 0.25) is 0 Å². The first-order chi connectivity index (χ1) is 4.41. The Morgan fingerprint density at radius 2 is 2.00 bits per heavy atom.